The Morgan fingerprint density at radius 2 is 1.60 bits per heavy atom. The highest BCUT2D eigenvalue weighted by molar-refractivity contribution is 7.89. The molecule has 0 aromatic heterocycles. The van der Waals surface area contributed by atoms with Crippen LogP contribution in [0.4, 0.5) is 5.69 Å². The number of fused-ring (bicyclic) bond motifs is 1. The third kappa shape index (κ3) is 6.22. The van der Waals surface area contributed by atoms with Gasteiger partial charge in [-0.25, -0.2) is 13.1 Å². The predicted octanol–water partition coefficient (Wildman–Crippen LogP) is 4.40. The van der Waals surface area contributed by atoms with Crippen molar-refractivity contribution in [3.8, 4) is 0 Å². The number of amides is 2. The number of sulfonamides is 1. The molecule has 0 saturated carbocycles. The van der Waals surface area contributed by atoms with Gasteiger partial charge in [0.05, 0.1) is 11.4 Å². The second-order valence-corrected chi connectivity index (χ2v) is 12.8. The average molecular weight is 563 g/mol. The van der Waals surface area contributed by atoms with E-state index in [1.807, 2.05) is 49.1 Å². The molecule has 2 N–H and O–H groups in total. The Morgan fingerprint density at radius 3 is 2.33 bits per heavy atom. The molecule has 2 atom stereocenters. The highest BCUT2D eigenvalue weighted by Gasteiger charge is 2.33. The molecule has 5 rings (SSSR count). The van der Waals surface area contributed by atoms with E-state index in [2.05, 4.69) is 14.9 Å². The molecule has 2 heterocycles. The normalized spacial score (nSPS) is 20.4. The predicted molar refractivity (Wildman–Crippen MR) is 158 cm³/mol. The number of piperidine rings is 2. The van der Waals surface area contributed by atoms with Crippen molar-refractivity contribution >= 4 is 38.3 Å². The number of rotatable bonds is 7. The lowest BCUT2D eigenvalue weighted by molar-refractivity contribution is -0.134. The first-order valence-electron chi connectivity index (χ1n) is 14.1. The zero-order valence-electron chi connectivity index (χ0n) is 23.2. The molecule has 40 heavy (non-hydrogen) atoms. The summed E-state index contributed by atoms with van der Waals surface area (Å²) in [6.07, 6.45) is 4.08. The van der Waals surface area contributed by atoms with E-state index in [-0.39, 0.29) is 28.7 Å². The maximum atomic E-state index is 13.7. The van der Waals surface area contributed by atoms with E-state index in [0.29, 0.717) is 48.1 Å². The number of nitrogens with one attached hydrogen (secondary N) is 2. The van der Waals surface area contributed by atoms with Crippen LogP contribution in [-0.2, 0) is 14.8 Å². The number of carbonyl (C=O) groups is 2. The summed E-state index contributed by atoms with van der Waals surface area (Å²) in [5, 5.41) is 4.15. The molecule has 3 aromatic rings. The molecule has 2 fully saturated rings. The number of nitrogens with zero attached hydrogens (tertiary/aromatic N) is 2. The molecule has 2 aliphatic heterocycles. The van der Waals surface area contributed by atoms with Gasteiger partial charge in [-0.3, -0.25) is 14.5 Å². The minimum atomic E-state index is -3.86. The average Bonchev–Trinajstić information content (AvgIpc) is 2.95. The molecule has 3 aromatic carbocycles. The summed E-state index contributed by atoms with van der Waals surface area (Å²) in [4.78, 5) is 30.2. The van der Waals surface area contributed by atoms with Crippen molar-refractivity contribution in [2.24, 2.45) is 5.92 Å². The number of anilines is 1. The zero-order chi connectivity index (χ0) is 28.3. The molecule has 2 aliphatic rings. The Bertz CT molecular complexity index is 1500. The molecule has 0 radical (unpaired) electrons. The summed E-state index contributed by atoms with van der Waals surface area (Å²) in [7, 11) is -3.86. The Labute approximate surface area is 236 Å². The Kier molecular flexibility index (Phi) is 8.54. The van der Waals surface area contributed by atoms with E-state index in [1.165, 1.54) is 6.42 Å². The summed E-state index contributed by atoms with van der Waals surface area (Å²) < 4.78 is 30.2. The number of likely N-dealkylation sites (tertiary alicyclic amines) is 2. The molecule has 0 spiro atoms. The number of hydrogen-bond acceptors (Lipinski definition) is 5. The Balaban J connectivity index is 1.29. The van der Waals surface area contributed by atoms with Crippen LogP contribution in [0.1, 0.15) is 48.5 Å². The maximum absolute atomic E-state index is 13.7. The van der Waals surface area contributed by atoms with E-state index in [1.54, 1.807) is 30.3 Å². The van der Waals surface area contributed by atoms with Crippen LogP contribution in [0.25, 0.3) is 10.8 Å². The minimum Gasteiger partial charge on any atom is -0.341 e. The highest BCUT2D eigenvalue weighted by atomic mass is 32.2. The van der Waals surface area contributed by atoms with Crippen molar-refractivity contribution in [1.82, 2.24) is 14.5 Å². The number of carbonyl (C=O) groups excluding carboxylic acids is 2. The van der Waals surface area contributed by atoms with Crippen LogP contribution in [-0.4, -0.2) is 68.8 Å². The largest absolute Gasteiger partial charge is 0.341 e. The molecule has 8 nitrogen and oxygen atoms in total. The van der Waals surface area contributed by atoms with Gasteiger partial charge in [-0.05, 0) is 69.0 Å². The van der Waals surface area contributed by atoms with Crippen molar-refractivity contribution in [1.29, 1.82) is 0 Å². The van der Waals surface area contributed by atoms with Gasteiger partial charge in [0.2, 0.25) is 15.9 Å². The Morgan fingerprint density at radius 1 is 0.900 bits per heavy atom. The summed E-state index contributed by atoms with van der Waals surface area (Å²) >= 11 is 0. The topological polar surface area (TPSA) is 98.8 Å². The quantitative estimate of drug-likeness (QED) is 0.445. The minimum absolute atomic E-state index is 0.0206. The number of hydrogen-bond donors (Lipinski definition) is 2. The van der Waals surface area contributed by atoms with Gasteiger partial charge in [0, 0.05) is 41.2 Å². The first-order valence-corrected chi connectivity index (χ1v) is 15.6. The van der Waals surface area contributed by atoms with Crippen LogP contribution in [0, 0.1) is 12.8 Å². The van der Waals surface area contributed by atoms with E-state index in [0.717, 1.165) is 31.5 Å². The van der Waals surface area contributed by atoms with E-state index in [4.69, 9.17) is 0 Å². The first-order chi connectivity index (χ1) is 19.2. The lowest BCUT2D eigenvalue weighted by Gasteiger charge is -2.38. The van der Waals surface area contributed by atoms with Gasteiger partial charge in [-0.2, -0.15) is 0 Å². The van der Waals surface area contributed by atoms with Gasteiger partial charge in [0.1, 0.15) is 0 Å². The van der Waals surface area contributed by atoms with Gasteiger partial charge in [0.25, 0.3) is 5.91 Å². The van der Waals surface area contributed by atoms with Crippen molar-refractivity contribution in [2.75, 3.05) is 38.0 Å². The standard InChI is InChI=1S/C31H38N4O4S/c1-22-10-4-5-11-24(22)31(37)32-28-14-15-29(26-13-7-6-12-25(26)28)40(38,39)33-27-16-19-35(20-23(27)2)30(36)21-34-17-8-3-9-18-34/h4-7,10-15,23,27,33H,3,8-9,16-21H2,1-2H3,(H,32,37)/t23-,27+/m1/s1. The SMILES string of the molecule is Cc1ccccc1C(=O)Nc1ccc(S(=O)(=O)N[C@H]2CCN(C(=O)CN3CCCCC3)C[C@H]2C)c2ccccc12. The van der Waals surface area contributed by atoms with Crippen molar-refractivity contribution in [3.63, 3.8) is 0 Å². The Hall–Kier alpha value is -3.27. The highest BCUT2D eigenvalue weighted by Crippen LogP contribution is 2.31. The summed E-state index contributed by atoms with van der Waals surface area (Å²) in [5.74, 6) is -0.135. The number of aryl methyl sites for hydroxylation is 1. The number of benzene rings is 3. The lowest BCUT2D eigenvalue weighted by atomic mass is 9.95. The molecule has 9 heteroatoms. The van der Waals surface area contributed by atoms with Crippen molar-refractivity contribution in [2.45, 2.75) is 50.5 Å². The summed E-state index contributed by atoms with van der Waals surface area (Å²) in [6, 6.07) is 17.5. The smallest absolute Gasteiger partial charge is 0.255 e. The van der Waals surface area contributed by atoms with Gasteiger partial charge in [-0.15, -0.1) is 0 Å². The van der Waals surface area contributed by atoms with Gasteiger partial charge in [-0.1, -0.05) is 55.8 Å². The van der Waals surface area contributed by atoms with Gasteiger partial charge in [0.15, 0.2) is 0 Å². The molecule has 212 valence electrons. The second-order valence-electron chi connectivity index (χ2n) is 11.1. The van der Waals surface area contributed by atoms with Gasteiger partial charge < -0.3 is 10.2 Å². The van der Waals surface area contributed by atoms with Crippen LogP contribution in [0.2, 0.25) is 0 Å². The van der Waals surface area contributed by atoms with Crippen LogP contribution in [0.5, 0.6) is 0 Å². The molecular weight excluding hydrogens is 524 g/mol. The fourth-order valence-corrected chi connectivity index (χ4v) is 7.44. The van der Waals surface area contributed by atoms with Crippen molar-refractivity contribution < 1.29 is 18.0 Å². The monoisotopic (exact) mass is 562 g/mol. The zero-order valence-corrected chi connectivity index (χ0v) is 24.0. The summed E-state index contributed by atoms with van der Waals surface area (Å²) in [6.45, 7) is 7.33. The van der Waals surface area contributed by atoms with Crippen LogP contribution in [0.3, 0.4) is 0 Å². The van der Waals surface area contributed by atoms with Crippen molar-refractivity contribution in [3.05, 3.63) is 71.8 Å². The van der Waals surface area contributed by atoms with Crippen LogP contribution >= 0.6 is 0 Å². The van der Waals surface area contributed by atoms with E-state index < -0.39 is 10.0 Å². The molecule has 0 bridgehead atoms. The molecule has 2 amide bonds. The van der Waals surface area contributed by atoms with Gasteiger partial charge >= 0.3 is 0 Å². The first kappa shape index (κ1) is 28.3. The molecule has 0 unspecified atom stereocenters. The van der Waals surface area contributed by atoms with E-state index >= 15 is 0 Å². The second kappa shape index (κ2) is 12.1. The molecule has 2 saturated heterocycles. The van der Waals surface area contributed by atoms with E-state index in [9.17, 15) is 18.0 Å². The maximum Gasteiger partial charge on any atom is 0.255 e. The third-order valence-corrected chi connectivity index (χ3v) is 9.73. The van der Waals surface area contributed by atoms with Crippen LogP contribution in [0.15, 0.2) is 65.6 Å². The fraction of sp³-hybridized carbons (Fsp3) is 0.419. The fourth-order valence-electron chi connectivity index (χ4n) is 5.85. The molecule has 0 aliphatic carbocycles. The molecular formula is C31H38N4O4S. The lowest BCUT2D eigenvalue weighted by Crippen LogP contribution is -2.53. The van der Waals surface area contributed by atoms with Crippen LogP contribution < -0.4 is 10.0 Å². The third-order valence-electron chi connectivity index (χ3n) is 8.18. The summed E-state index contributed by atoms with van der Waals surface area (Å²) in [5.41, 5.74) is 1.98.